The lowest BCUT2D eigenvalue weighted by molar-refractivity contribution is 0.0818. The second-order valence-corrected chi connectivity index (χ2v) is 6.35. The lowest BCUT2D eigenvalue weighted by Gasteiger charge is -2.24. The first kappa shape index (κ1) is 20.4. The van der Waals surface area contributed by atoms with Crippen LogP contribution < -0.4 is 15.4 Å². The van der Waals surface area contributed by atoms with Crippen molar-refractivity contribution in [3.8, 4) is 5.75 Å². The molecule has 1 heterocycles. The summed E-state index contributed by atoms with van der Waals surface area (Å²) in [5, 5.41) is 6.67. The molecule has 1 aromatic carbocycles. The molecule has 0 spiro atoms. The third-order valence-corrected chi connectivity index (χ3v) is 4.45. The second kappa shape index (κ2) is 11.0. The third kappa shape index (κ3) is 6.78. The lowest BCUT2D eigenvalue weighted by atomic mass is 10.2. The molecule has 1 saturated heterocycles. The van der Waals surface area contributed by atoms with E-state index in [9.17, 15) is 8.78 Å². The van der Waals surface area contributed by atoms with E-state index in [0.29, 0.717) is 18.3 Å². The highest BCUT2D eigenvalue weighted by Gasteiger charge is 2.22. The van der Waals surface area contributed by atoms with Gasteiger partial charge in [-0.3, -0.25) is 4.90 Å². The number of nitrogens with one attached hydrogen (secondary N) is 2. The Kier molecular flexibility index (Phi) is 8.61. The number of nitrogens with zero attached hydrogens (tertiary/aromatic N) is 2. The Morgan fingerprint density at radius 1 is 1.35 bits per heavy atom. The van der Waals surface area contributed by atoms with E-state index < -0.39 is 13.0 Å². The first-order valence-corrected chi connectivity index (χ1v) is 9.38. The number of aliphatic imine (C=N–C) groups is 1. The molecule has 0 aromatic heterocycles. The van der Waals surface area contributed by atoms with Crippen molar-refractivity contribution in [2.24, 2.45) is 4.99 Å². The number of halogens is 2. The molecular weight excluding hydrogens is 338 g/mol. The van der Waals surface area contributed by atoms with Crippen molar-refractivity contribution in [2.75, 3.05) is 32.8 Å². The van der Waals surface area contributed by atoms with Gasteiger partial charge < -0.3 is 15.4 Å². The van der Waals surface area contributed by atoms with Gasteiger partial charge in [-0.15, -0.1) is 0 Å². The van der Waals surface area contributed by atoms with E-state index in [1.807, 2.05) is 13.0 Å². The number of hydrogen-bond acceptors (Lipinski definition) is 3. The topological polar surface area (TPSA) is 48.9 Å². The van der Waals surface area contributed by atoms with Gasteiger partial charge in [0.15, 0.2) is 5.96 Å². The normalized spacial score (nSPS) is 18.3. The SMILES string of the molecule is CCNC(=NCc1cccc(OCC(F)F)c1)NCC1CCCN1CC. The first-order valence-electron chi connectivity index (χ1n) is 9.38. The van der Waals surface area contributed by atoms with Gasteiger partial charge in [-0.05, 0) is 50.6 Å². The Balaban J connectivity index is 1.90. The number of rotatable bonds is 9. The number of benzene rings is 1. The monoisotopic (exact) mass is 368 g/mol. The lowest BCUT2D eigenvalue weighted by Crippen LogP contribution is -2.44. The highest BCUT2D eigenvalue weighted by molar-refractivity contribution is 5.79. The predicted octanol–water partition coefficient (Wildman–Crippen LogP) is 2.87. The molecule has 7 heteroatoms. The largest absolute Gasteiger partial charge is 0.488 e. The molecule has 2 rings (SSSR count). The van der Waals surface area contributed by atoms with Crippen molar-refractivity contribution in [1.82, 2.24) is 15.5 Å². The molecule has 1 unspecified atom stereocenters. The molecule has 1 aliphatic rings. The Bertz CT molecular complexity index is 568. The van der Waals surface area contributed by atoms with Crippen LogP contribution in [0.15, 0.2) is 29.3 Å². The standard InChI is InChI=1S/C19H30F2N4O/c1-3-22-19(24-13-16-8-6-10-25(16)4-2)23-12-15-7-5-9-17(11-15)26-14-18(20)21/h5,7,9,11,16,18H,3-4,6,8,10,12-14H2,1-2H3,(H2,22,23,24). The summed E-state index contributed by atoms with van der Waals surface area (Å²) in [4.78, 5) is 7.09. The van der Waals surface area contributed by atoms with Crippen LogP contribution in [0.3, 0.4) is 0 Å². The van der Waals surface area contributed by atoms with Crippen LogP contribution >= 0.6 is 0 Å². The molecule has 0 bridgehead atoms. The van der Waals surface area contributed by atoms with Gasteiger partial charge in [-0.1, -0.05) is 19.1 Å². The summed E-state index contributed by atoms with van der Waals surface area (Å²) in [7, 11) is 0. The summed E-state index contributed by atoms with van der Waals surface area (Å²) in [5.41, 5.74) is 0.921. The summed E-state index contributed by atoms with van der Waals surface area (Å²) >= 11 is 0. The fourth-order valence-electron chi connectivity index (χ4n) is 3.16. The maximum atomic E-state index is 12.3. The van der Waals surface area contributed by atoms with Crippen molar-refractivity contribution in [2.45, 2.75) is 45.7 Å². The van der Waals surface area contributed by atoms with Gasteiger partial charge in [-0.2, -0.15) is 0 Å². The molecule has 26 heavy (non-hydrogen) atoms. The van der Waals surface area contributed by atoms with Gasteiger partial charge in [-0.25, -0.2) is 13.8 Å². The van der Waals surface area contributed by atoms with Crippen LogP contribution in [0.25, 0.3) is 0 Å². The van der Waals surface area contributed by atoms with Gasteiger partial charge in [0.2, 0.25) is 0 Å². The molecule has 2 N–H and O–H groups in total. The minimum absolute atomic E-state index is 0.445. The van der Waals surface area contributed by atoms with Gasteiger partial charge in [0, 0.05) is 19.1 Å². The zero-order valence-corrected chi connectivity index (χ0v) is 15.7. The predicted molar refractivity (Wildman–Crippen MR) is 101 cm³/mol. The molecule has 0 amide bonds. The molecule has 146 valence electrons. The Hall–Kier alpha value is -1.89. The van der Waals surface area contributed by atoms with Crippen LogP contribution in [-0.2, 0) is 6.54 Å². The number of likely N-dealkylation sites (N-methyl/N-ethyl adjacent to an activating group) is 1. The van der Waals surface area contributed by atoms with Crippen LogP contribution in [0.2, 0.25) is 0 Å². The number of guanidine groups is 1. The second-order valence-electron chi connectivity index (χ2n) is 6.35. The van der Waals surface area contributed by atoms with E-state index in [-0.39, 0.29) is 0 Å². The maximum absolute atomic E-state index is 12.3. The average Bonchev–Trinajstić information content (AvgIpc) is 3.10. The Morgan fingerprint density at radius 2 is 2.19 bits per heavy atom. The van der Waals surface area contributed by atoms with Gasteiger partial charge in [0.05, 0.1) is 6.54 Å². The van der Waals surface area contributed by atoms with E-state index in [0.717, 1.165) is 31.2 Å². The van der Waals surface area contributed by atoms with Crippen molar-refractivity contribution in [3.63, 3.8) is 0 Å². The van der Waals surface area contributed by atoms with Gasteiger partial charge >= 0.3 is 0 Å². The third-order valence-electron chi connectivity index (χ3n) is 4.45. The highest BCUT2D eigenvalue weighted by Crippen LogP contribution is 2.16. The van der Waals surface area contributed by atoms with Crippen LogP contribution in [0.1, 0.15) is 32.3 Å². The maximum Gasteiger partial charge on any atom is 0.272 e. The quantitative estimate of drug-likeness (QED) is 0.520. The number of alkyl halides is 2. The van der Waals surface area contributed by atoms with Gasteiger partial charge in [0.25, 0.3) is 6.43 Å². The van der Waals surface area contributed by atoms with E-state index >= 15 is 0 Å². The fraction of sp³-hybridized carbons (Fsp3) is 0.632. The van der Waals surface area contributed by atoms with Crippen molar-refractivity contribution >= 4 is 5.96 Å². The van der Waals surface area contributed by atoms with Crippen molar-refractivity contribution < 1.29 is 13.5 Å². The minimum Gasteiger partial charge on any atom is -0.488 e. The zero-order chi connectivity index (χ0) is 18.8. The van der Waals surface area contributed by atoms with E-state index in [2.05, 4.69) is 27.4 Å². The molecule has 0 saturated carbocycles. The van der Waals surface area contributed by atoms with Crippen LogP contribution in [0.4, 0.5) is 8.78 Å². The first-order chi connectivity index (χ1) is 12.6. The average molecular weight is 368 g/mol. The smallest absolute Gasteiger partial charge is 0.272 e. The molecule has 1 fully saturated rings. The highest BCUT2D eigenvalue weighted by atomic mass is 19.3. The zero-order valence-electron chi connectivity index (χ0n) is 15.7. The van der Waals surface area contributed by atoms with Crippen LogP contribution in [0, 0.1) is 0 Å². The van der Waals surface area contributed by atoms with E-state index in [4.69, 9.17) is 4.74 Å². The number of likely N-dealkylation sites (tertiary alicyclic amines) is 1. The van der Waals surface area contributed by atoms with Crippen LogP contribution in [-0.4, -0.2) is 56.1 Å². The summed E-state index contributed by atoms with van der Waals surface area (Å²) in [5.74, 6) is 1.22. The molecule has 5 nitrogen and oxygen atoms in total. The van der Waals surface area contributed by atoms with E-state index in [1.165, 1.54) is 19.4 Å². The van der Waals surface area contributed by atoms with Crippen molar-refractivity contribution in [1.29, 1.82) is 0 Å². The van der Waals surface area contributed by atoms with Crippen LogP contribution in [0.5, 0.6) is 5.75 Å². The summed E-state index contributed by atoms with van der Waals surface area (Å²) in [6, 6.07) is 7.70. The molecule has 1 atom stereocenters. The van der Waals surface area contributed by atoms with E-state index in [1.54, 1.807) is 18.2 Å². The summed E-state index contributed by atoms with van der Waals surface area (Å²) in [6.45, 7) is 8.00. The minimum atomic E-state index is -2.47. The Labute approximate surface area is 154 Å². The molecule has 1 aliphatic heterocycles. The molecule has 0 radical (unpaired) electrons. The number of hydrogen-bond donors (Lipinski definition) is 2. The molecule has 1 aromatic rings. The Morgan fingerprint density at radius 3 is 2.92 bits per heavy atom. The number of ether oxygens (including phenoxy) is 1. The van der Waals surface area contributed by atoms with Crippen molar-refractivity contribution in [3.05, 3.63) is 29.8 Å². The molecule has 0 aliphatic carbocycles. The molecular formula is C19H30F2N4O. The summed E-state index contributed by atoms with van der Waals surface area (Å²) in [6.07, 6.45) is -0.0113. The fourth-order valence-corrected chi connectivity index (χ4v) is 3.16. The summed E-state index contributed by atoms with van der Waals surface area (Å²) < 4.78 is 29.6. The van der Waals surface area contributed by atoms with Gasteiger partial charge in [0.1, 0.15) is 12.4 Å².